The van der Waals surface area contributed by atoms with Crippen molar-refractivity contribution in [3.63, 3.8) is 0 Å². The van der Waals surface area contributed by atoms with E-state index in [0.717, 1.165) is 53.5 Å². The molecule has 0 spiro atoms. The van der Waals surface area contributed by atoms with E-state index in [9.17, 15) is 20.2 Å². The van der Waals surface area contributed by atoms with Crippen LogP contribution in [-0.4, -0.2) is 49.8 Å². The maximum Gasteiger partial charge on any atom is 0.335 e. The highest BCUT2D eigenvalue weighted by Crippen LogP contribution is 2.37. The van der Waals surface area contributed by atoms with E-state index in [4.69, 9.17) is 0 Å². The fourth-order valence-corrected chi connectivity index (χ4v) is 3.72. The summed E-state index contributed by atoms with van der Waals surface area (Å²) in [5.74, 6) is 1.19. The summed E-state index contributed by atoms with van der Waals surface area (Å²) in [6.45, 7) is 4.64. The third-order valence-electron chi connectivity index (χ3n) is 5.18. The molecule has 0 unspecified atom stereocenters. The molecule has 0 saturated heterocycles. The largest absolute Gasteiger partial charge is 0.358 e. The number of aryl methyl sites for hydroxylation is 2. The Hall–Kier alpha value is -4.49. The lowest BCUT2D eigenvalue weighted by molar-refractivity contribution is -0.394. The maximum atomic E-state index is 11.7. The van der Waals surface area contributed by atoms with Crippen LogP contribution in [0.1, 0.15) is 43.9 Å². The molecular weight excluding hydrogens is 444 g/mol. The molecule has 3 aromatic heterocycles. The van der Waals surface area contributed by atoms with Gasteiger partial charge in [-0.3, -0.25) is 10.1 Å². The lowest BCUT2D eigenvalue weighted by atomic mass is 10.2. The second-order valence-electron chi connectivity index (χ2n) is 7.60. The summed E-state index contributed by atoms with van der Waals surface area (Å²) in [5, 5.41) is 41.0. The average molecular weight is 466 g/mol. The Balaban J connectivity index is 1.73. The van der Waals surface area contributed by atoms with Crippen LogP contribution >= 0.6 is 0 Å². The monoisotopic (exact) mass is 466 g/mol. The minimum atomic E-state index is -0.705. The highest BCUT2D eigenvalue weighted by atomic mass is 16.6. The SMILES string of the molecule is CCCc1nc(CCC)n(Cc2ccc(-n3c([N+](=O)[O-])cc([N+](=O)[O-])c3-c3nnn[nH]3)cc2)n1. The van der Waals surface area contributed by atoms with Gasteiger partial charge in [0.05, 0.1) is 11.5 Å². The van der Waals surface area contributed by atoms with Crippen LogP contribution in [0.5, 0.6) is 0 Å². The van der Waals surface area contributed by atoms with Crippen LogP contribution in [0.3, 0.4) is 0 Å². The van der Waals surface area contributed by atoms with Crippen molar-refractivity contribution in [3.8, 4) is 17.2 Å². The van der Waals surface area contributed by atoms with E-state index >= 15 is 0 Å². The molecule has 0 saturated carbocycles. The molecule has 0 fully saturated rings. The zero-order chi connectivity index (χ0) is 24.2. The molecule has 3 heterocycles. The summed E-state index contributed by atoms with van der Waals surface area (Å²) < 4.78 is 3.03. The molecule has 0 amide bonds. The summed E-state index contributed by atoms with van der Waals surface area (Å²) in [4.78, 5) is 26.5. The summed E-state index contributed by atoms with van der Waals surface area (Å²) in [7, 11) is 0. The Morgan fingerprint density at radius 2 is 1.76 bits per heavy atom. The lowest BCUT2D eigenvalue weighted by Crippen LogP contribution is -2.08. The van der Waals surface area contributed by atoms with E-state index in [-0.39, 0.29) is 11.5 Å². The summed E-state index contributed by atoms with van der Waals surface area (Å²) >= 11 is 0. The Bertz CT molecular complexity index is 1310. The summed E-state index contributed by atoms with van der Waals surface area (Å²) in [6.07, 6.45) is 3.51. The van der Waals surface area contributed by atoms with Crippen molar-refractivity contribution in [3.05, 3.63) is 67.8 Å². The average Bonchev–Trinajstić information content (AvgIpc) is 3.53. The number of aromatic amines is 1. The van der Waals surface area contributed by atoms with Crippen LogP contribution in [0.15, 0.2) is 30.3 Å². The Labute approximate surface area is 192 Å². The number of hydrogen-bond acceptors (Lipinski definition) is 9. The van der Waals surface area contributed by atoms with E-state index in [1.807, 2.05) is 4.68 Å². The van der Waals surface area contributed by atoms with E-state index < -0.39 is 21.4 Å². The molecule has 0 aliphatic heterocycles. The number of tetrazole rings is 1. The van der Waals surface area contributed by atoms with Crippen molar-refractivity contribution in [2.45, 2.75) is 46.1 Å². The maximum absolute atomic E-state index is 11.7. The van der Waals surface area contributed by atoms with Gasteiger partial charge in [-0.1, -0.05) is 26.0 Å². The van der Waals surface area contributed by atoms with Crippen molar-refractivity contribution >= 4 is 11.5 Å². The normalized spacial score (nSPS) is 11.1. The molecule has 14 nitrogen and oxygen atoms in total. The van der Waals surface area contributed by atoms with Crippen molar-refractivity contribution in [2.24, 2.45) is 0 Å². The van der Waals surface area contributed by atoms with Crippen molar-refractivity contribution < 1.29 is 9.85 Å². The molecule has 0 bridgehead atoms. The summed E-state index contributed by atoms with van der Waals surface area (Å²) in [5.41, 5.74) is 0.667. The molecular formula is C20H22N10O4. The van der Waals surface area contributed by atoms with Crippen LogP contribution < -0.4 is 0 Å². The molecule has 1 N–H and O–H groups in total. The van der Waals surface area contributed by atoms with Gasteiger partial charge in [-0.25, -0.2) is 14.8 Å². The number of nitro groups is 2. The first-order chi connectivity index (χ1) is 16.4. The fraction of sp³-hybridized carbons (Fsp3) is 0.350. The van der Waals surface area contributed by atoms with E-state index in [2.05, 4.69) is 44.6 Å². The van der Waals surface area contributed by atoms with Gasteiger partial charge in [0.2, 0.25) is 5.82 Å². The summed E-state index contributed by atoms with van der Waals surface area (Å²) in [6, 6.07) is 7.80. The van der Waals surface area contributed by atoms with E-state index in [1.54, 1.807) is 24.3 Å². The number of rotatable bonds is 10. The zero-order valence-electron chi connectivity index (χ0n) is 18.6. The van der Waals surface area contributed by atoms with Gasteiger partial charge in [0.1, 0.15) is 17.6 Å². The molecule has 4 aromatic rings. The van der Waals surface area contributed by atoms with Gasteiger partial charge in [0, 0.05) is 12.8 Å². The lowest BCUT2D eigenvalue weighted by Gasteiger charge is -2.07. The predicted molar refractivity (Wildman–Crippen MR) is 119 cm³/mol. The number of benzene rings is 1. The van der Waals surface area contributed by atoms with Crippen molar-refractivity contribution in [2.75, 3.05) is 0 Å². The first kappa shape index (κ1) is 22.7. The van der Waals surface area contributed by atoms with Crippen LogP contribution in [0.25, 0.3) is 17.2 Å². The molecule has 0 radical (unpaired) electrons. The minimum absolute atomic E-state index is 0.0563. The second-order valence-corrected chi connectivity index (χ2v) is 7.60. The first-order valence-electron chi connectivity index (χ1n) is 10.7. The van der Waals surface area contributed by atoms with Crippen molar-refractivity contribution in [1.82, 2.24) is 40.0 Å². The molecule has 34 heavy (non-hydrogen) atoms. The van der Waals surface area contributed by atoms with Gasteiger partial charge in [-0.05, 0) is 45.9 Å². The van der Waals surface area contributed by atoms with Gasteiger partial charge in [0.15, 0.2) is 5.82 Å². The van der Waals surface area contributed by atoms with Gasteiger partial charge in [-0.15, -0.1) is 5.10 Å². The second kappa shape index (κ2) is 9.56. The van der Waals surface area contributed by atoms with Gasteiger partial charge < -0.3 is 10.1 Å². The minimum Gasteiger partial charge on any atom is -0.358 e. The fourth-order valence-electron chi connectivity index (χ4n) is 3.72. The Morgan fingerprint density at radius 1 is 1.03 bits per heavy atom. The topological polar surface area (TPSA) is 176 Å². The molecule has 0 atom stereocenters. The molecule has 4 rings (SSSR count). The number of nitrogens with one attached hydrogen (secondary N) is 1. The van der Waals surface area contributed by atoms with Gasteiger partial charge in [-0.2, -0.15) is 9.67 Å². The predicted octanol–water partition coefficient (Wildman–Crippen LogP) is 3.02. The quantitative estimate of drug-likeness (QED) is 0.272. The first-order valence-corrected chi connectivity index (χ1v) is 10.7. The number of H-pyrrole nitrogens is 1. The number of nitrogens with zero attached hydrogens (tertiary/aromatic N) is 9. The molecule has 0 aliphatic carbocycles. The van der Waals surface area contributed by atoms with Crippen molar-refractivity contribution in [1.29, 1.82) is 0 Å². The van der Waals surface area contributed by atoms with Crippen LogP contribution in [0, 0.1) is 20.2 Å². The highest BCUT2D eigenvalue weighted by molar-refractivity contribution is 5.72. The molecule has 0 aliphatic rings. The smallest absolute Gasteiger partial charge is 0.335 e. The Kier molecular flexibility index (Phi) is 6.38. The third kappa shape index (κ3) is 4.37. The highest BCUT2D eigenvalue weighted by Gasteiger charge is 2.35. The number of hydrogen-bond donors (Lipinski definition) is 1. The third-order valence-corrected chi connectivity index (χ3v) is 5.18. The van der Waals surface area contributed by atoms with Crippen LogP contribution in [-0.2, 0) is 19.4 Å². The zero-order valence-corrected chi connectivity index (χ0v) is 18.6. The standard InChI is InChI=1S/C20H22N10O4/c1-3-5-16-21-17(6-4-2)27(24-16)12-13-7-9-14(10-8-13)28-18(30(33)34)11-15(29(31)32)19(28)20-22-25-26-23-20/h7-11H,3-6,12H2,1-2H3,(H,22,23,25,26). The number of aromatic nitrogens is 8. The van der Waals surface area contributed by atoms with Crippen LogP contribution in [0.4, 0.5) is 11.5 Å². The van der Waals surface area contributed by atoms with Gasteiger partial charge >= 0.3 is 11.5 Å². The molecule has 1 aromatic carbocycles. The van der Waals surface area contributed by atoms with Gasteiger partial charge in [0.25, 0.3) is 5.69 Å². The molecule has 176 valence electrons. The van der Waals surface area contributed by atoms with E-state index in [0.29, 0.717) is 12.2 Å². The Morgan fingerprint density at radius 3 is 2.35 bits per heavy atom. The van der Waals surface area contributed by atoms with E-state index in [1.165, 1.54) is 0 Å². The molecule has 14 heteroatoms. The van der Waals surface area contributed by atoms with Crippen LogP contribution in [0.2, 0.25) is 0 Å².